The van der Waals surface area contributed by atoms with Crippen molar-refractivity contribution in [3.63, 3.8) is 0 Å². The van der Waals surface area contributed by atoms with Crippen molar-refractivity contribution < 1.29 is 0 Å². The number of nitrogens with two attached hydrogens (primary N) is 1. The third-order valence-corrected chi connectivity index (χ3v) is 7.19. The van der Waals surface area contributed by atoms with Crippen LogP contribution in [-0.2, 0) is 0 Å². The van der Waals surface area contributed by atoms with Crippen LogP contribution in [0, 0.1) is 12.8 Å². The highest BCUT2D eigenvalue weighted by Gasteiger charge is 2.14. The van der Waals surface area contributed by atoms with E-state index in [0.29, 0.717) is 5.82 Å². The van der Waals surface area contributed by atoms with Crippen molar-refractivity contribution >= 4 is 22.2 Å². The topological polar surface area (TPSA) is 72.3 Å². The van der Waals surface area contributed by atoms with E-state index in [1.54, 1.807) is 12.5 Å². The second-order valence-corrected chi connectivity index (χ2v) is 10.4. The van der Waals surface area contributed by atoms with Gasteiger partial charge in [0.25, 0.3) is 0 Å². The molecule has 1 aliphatic rings. The summed E-state index contributed by atoms with van der Waals surface area (Å²) in [6.45, 7) is 3.42. The number of benzene rings is 2. The molecular formula is C31H36N6. The number of hydrogen-bond donors (Lipinski definition) is 1. The molecule has 1 aliphatic carbocycles. The highest BCUT2D eigenvalue weighted by atomic mass is 15.1. The van der Waals surface area contributed by atoms with Crippen LogP contribution in [-0.4, -0.2) is 44.9 Å². The highest BCUT2D eigenvalue weighted by molar-refractivity contribution is 5.92. The average molecular weight is 493 g/mol. The number of aryl methyl sites for hydroxylation is 1. The summed E-state index contributed by atoms with van der Waals surface area (Å²) in [6, 6.07) is 18.6. The van der Waals surface area contributed by atoms with Gasteiger partial charge in [-0.2, -0.15) is 0 Å². The Morgan fingerprint density at radius 1 is 0.946 bits per heavy atom. The predicted octanol–water partition coefficient (Wildman–Crippen LogP) is 6.63. The quantitative estimate of drug-likeness (QED) is 0.305. The number of rotatable bonds is 4. The molecular weight excluding hydrogens is 456 g/mol. The van der Waals surface area contributed by atoms with Gasteiger partial charge in [-0.05, 0) is 57.5 Å². The van der Waals surface area contributed by atoms with E-state index in [-0.39, 0.29) is 0 Å². The molecule has 1 fully saturated rings. The van der Waals surface area contributed by atoms with Gasteiger partial charge in [-0.1, -0.05) is 61.7 Å². The molecule has 0 bridgehead atoms. The van der Waals surface area contributed by atoms with Crippen molar-refractivity contribution in [2.24, 2.45) is 5.92 Å². The molecule has 0 unspecified atom stereocenters. The first kappa shape index (κ1) is 24.9. The van der Waals surface area contributed by atoms with Crippen molar-refractivity contribution in [1.82, 2.24) is 24.3 Å². The van der Waals surface area contributed by atoms with Crippen LogP contribution in [0.15, 0.2) is 73.3 Å². The van der Waals surface area contributed by atoms with E-state index in [4.69, 9.17) is 10.7 Å². The summed E-state index contributed by atoms with van der Waals surface area (Å²) in [5.74, 6) is 1.47. The van der Waals surface area contributed by atoms with Gasteiger partial charge < -0.3 is 15.0 Å². The minimum atomic E-state index is 0.465. The van der Waals surface area contributed by atoms with Gasteiger partial charge in [0.2, 0.25) is 0 Å². The first-order valence-corrected chi connectivity index (χ1v) is 13.2. The van der Waals surface area contributed by atoms with Crippen LogP contribution in [0.1, 0.15) is 37.7 Å². The molecule has 6 nitrogen and oxygen atoms in total. The lowest BCUT2D eigenvalue weighted by atomic mass is 9.89. The number of anilines is 1. The average Bonchev–Trinajstić information content (AvgIpc) is 3.35. The molecule has 190 valence electrons. The molecule has 0 amide bonds. The molecule has 0 saturated heterocycles. The maximum atomic E-state index is 6.09. The zero-order valence-electron chi connectivity index (χ0n) is 22.1. The number of fused-ring (bicyclic) bond motifs is 2. The molecule has 3 aromatic heterocycles. The summed E-state index contributed by atoms with van der Waals surface area (Å²) in [5.41, 5.74) is 12.9. The Balaban J connectivity index is 0.000000237. The Hall–Kier alpha value is -3.77. The zero-order valence-corrected chi connectivity index (χ0v) is 22.1. The number of pyridine rings is 1. The Morgan fingerprint density at radius 2 is 1.73 bits per heavy atom. The third kappa shape index (κ3) is 5.65. The molecule has 0 atom stereocenters. The summed E-state index contributed by atoms with van der Waals surface area (Å²) < 4.78 is 1.89. The summed E-state index contributed by atoms with van der Waals surface area (Å²) in [7, 11) is 4.35. The smallest absolute Gasteiger partial charge is 0.150 e. The Labute approximate surface area is 219 Å². The van der Waals surface area contributed by atoms with E-state index in [9.17, 15) is 0 Å². The van der Waals surface area contributed by atoms with Gasteiger partial charge in [0.05, 0.1) is 16.9 Å². The Morgan fingerprint density at radius 3 is 2.49 bits per heavy atom. The minimum Gasteiger partial charge on any atom is -0.382 e. The van der Waals surface area contributed by atoms with Gasteiger partial charge in [-0.25, -0.2) is 15.0 Å². The largest absolute Gasteiger partial charge is 0.382 e. The van der Waals surface area contributed by atoms with Crippen LogP contribution < -0.4 is 5.73 Å². The number of aromatic nitrogens is 4. The van der Waals surface area contributed by atoms with E-state index >= 15 is 0 Å². The molecule has 6 heteroatoms. The van der Waals surface area contributed by atoms with Crippen molar-refractivity contribution in [2.75, 3.05) is 26.4 Å². The fourth-order valence-corrected chi connectivity index (χ4v) is 5.38. The van der Waals surface area contributed by atoms with Gasteiger partial charge in [-0.3, -0.25) is 0 Å². The Bertz CT molecular complexity index is 1480. The molecule has 6 rings (SSSR count). The maximum absolute atomic E-state index is 6.09. The molecule has 3 heterocycles. The first-order valence-electron chi connectivity index (χ1n) is 13.2. The van der Waals surface area contributed by atoms with Crippen molar-refractivity contribution in [2.45, 2.75) is 39.0 Å². The molecule has 37 heavy (non-hydrogen) atoms. The van der Waals surface area contributed by atoms with Gasteiger partial charge in [0, 0.05) is 35.5 Å². The number of imidazole rings is 1. The minimum absolute atomic E-state index is 0.465. The van der Waals surface area contributed by atoms with E-state index in [1.165, 1.54) is 44.2 Å². The van der Waals surface area contributed by atoms with Crippen LogP contribution in [0.3, 0.4) is 0 Å². The Kier molecular flexibility index (Phi) is 7.47. The van der Waals surface area contributed by atoms with E-state index < -0.39 is 0 Å². The second kappa shape index (κ2) is 11.1. The lowest BCUT2D eigenvalue weighted by molar-refractivity contribution is 0.264. The fraction of sp³-hybridized carbons (Fsp3) is 0.323. The normalized spacial score (nSPS) is 14.2. The summed E-state index contributed by atoms with van der Waals surface area (Å²) in [5, 5.41) is 1.13. The van der Waals surface area contributed by atoms with Crippen molar-refractivity contribution in [3.8, 4) is 22.5 Å². The van der Waals surface area contributed by atoms with Crippen molar-refractivity contribution in [3.05, 3.63) is 78.9 Å². The fourth-order valence-electron chi connectivity index (χ4n) is 5.38. The first-order chi connectivity index (χ1) is 18.0. The monoisotopic (exact) mass is 492 g/mol. The van der Waals surface area contributed by atoms with Crippen LogP contribution in [0.25, 0.3) is 38.9 Å². The maximum Gasteiger partial charge on any atom is 0.150 e. The molecule has 0 spiro atoms. The number of nitrogens with zero attached hydrogens (tertiary/aromatic N) is 5. The van der Waals surface area contributed by atoms with Gasteiger partial charge >= 0.3 is 0 Å². The van der Waals surface area contributed by atoms with E-state index in [0.717, 1.165) is 44.9 Å². The molecule has 5 aromatic rings. The van der Waals surface area contributed by atoms with Crippen LogP contribution in [0.5, 0.6) is 0 Å². The van der Waals surface area contributed by atoms with Crippen molar-refractivity contribution in [1.29, 1.82) is 0 Å². The lowest BCUT2D eigenvalue weighted by Crippen LogP contribution is -2.23. The summed E-state index contributed by atoms with van der Waals surface area (Å²) >= 11 is 0. The predicted molar refractivity (Wildman–Crippen MR) is 153 cm³/mol. The highest BCUT2D eigenvalue weighted by Crippen LogP contribution is 2.31. The molecule has 0 radical (unpaired) electrons. The van der Waals surface area contributed by atoms with Crippen LogP contribution >= 0.6 is 0 Å². The summed E-state index contributed by atoms with van der Waals surface area (Å²) in [4.78, 5) is 16.0. The van der Waals surface area contributed by atoms with Gasteiger partial charge in [-0.15, -0.1) is 0 Å². The molecule has 0 aliphatic heterocycles. The van der Waals surface area contributed by atoms with E-state index in [1.807, 2.05) is 28.8 Å². The molecule has 1 saturated carbocycles. The molecule has 2 N–H and O–H groups in total. The van der Waals surface area contributed by atoms with Gasteiger partial charge in [0.15, 0.2) is 0 Å². The van der Waals surface area contributed by atoms with E-state index in [2.05, 4.69) is 72.3 Å². The zero-order chi connectivity index (χ0) is 25.8. The van der Waals surface area contributed by atoms with Crippen LogP contribution in [0.2, 0.25) is 0 Å². The summed E-state index contributed by atoms with van der Waals surface area (Å²) in [6.07, 6.45) is 12.6. The molecule has 2 aromatic carbocycles. The van der Waals surface area contributed by atoms with Gasteiger partial charge in [0.1, 0.15) is 17.7 Å². The number of hydrogen-bond acceptors (Lipinski definition) is 5. The number of nitrogen functional groups attached to an aromatic ring is 1. The SMILES string of the molecule is CN(C)CC1CCCCC1.Cc1cc(-c2ccccc2)nc2cc(-c3ncn4ccnc(N)c34)ccc12. The third-order valence-electron chi connectivity index (χ3n) is 7.19. The second-order valence-electron chi connectivity index (χ2n) is 10.4. The standard InChI is InChI=1S/C22H17N5.C9H19N/c1-14-11-18(15-5-3-2-4-6-15)26-19-12-16(7-8-17(14)19)20-21-22(23)24-9-10-27(21)13-25-20;1-10(2)8-9-6-4-3-5-7-9/h2-13H,1H3,(H2,23,24);9H,3-8H2,1-2H3. The van der Waals surface area contributed by atoms with Crippen LogP contribution in [0.4, 0.5) is 5.82 Å². The lowest BCUT2D eigenvalue weighted by Gasteiger charge is -2.24.